The SMILES string of the molecule is CC1(S(=O)(=O)NC(=O)[C@@]23C[C@H]2/C=C\CCCCC[C@H](N(C(=O)O)C2(C4CC4)CC2)C(=O)N2C[C@@]4(CCc5c(c(C6CC6)nc6c(F)cccc56)O4)C[C@H]2C(=O)N3)CC1. The number of hydrogen-bond donors (Lipinski definition) is 3. The summed E-state index contributed by atoms with van der Waals surface area (Å²) >= 11 is 0. The number of amides is 4. The van der Waals surface area contributed by atoms with Crippen LogP contribution in [0.25, 0.3) is 10.9 Å². The molecule has 58 heavy (non-hydrogen) atoms. The van der Waals surface area contributed by atoms with Crippen LogP contribution >= 0.6 is 0 Å². The molecule has 13 nitrogen and oxygen atoms in total. The molecule has 5 saturated carbocycles. The summed E-state index contributed by atoms with van der Waals surface area (Å²) in [6, 6.07) is 2.73. The van der Waals surface area contributed by atoms with Crippen molar-refractivity contribution in [1.82, 2.24) is 24.8 Å². The van der Waals surface area contributed by atoms with Crippen LogP contribution in [0.2, 0.25) is 0 Å². The van der Waals surface area contributed by atoms with Crippen molar-refractivity contribution in [3.8, 4) is 5.75 Å². The monoisotopic (exact) mass is 817 g/mol. The molecule has 1 aromatic heterocycles. The number of hydrogen-bond acceptors (Lipinski definition) is 8. The molecule has 0 radical (unpaired) electrons. The number of sulfonamides is 1. The predicted octanol–water partition coefficient (Wildman–Crippen LogP) is 5.60. The fraction of sp³-hybridized carbons (Fsp3) is 0.651. The second kappa shape index (κ2) is 13.1. The third-order valence-corrected chi connectivity index (χ3v) is 17.0. The van der Waals surface area contributed by atoms with E-state index >= 15 is 9.18 Å². The Kier molecular flexibility index (Phi) is 8.58. The van der Waals surface area contributed by atoms with Crippen LogP contribution in [0.4, 0.5) is 9.18 Å². The lowest BCUT2D eigenvalue weighted by Gasteiger charge is -2.40. The zero-order valence-electron chi connectivity index (χ0n) is 32.9. The maximum absolute atomic E-state index is 15.3. The van der Waals surface area contributed by atoms with Crippen molar-refractivity contribution >= 4 is 44.7 Å². The largest absolute Gasteiger partial charge is 0.483 e. The number of ether oxygens (including phenoxy) is 1. The Balaban J connectivity index is 1.03. The van der Waals surface area contributed by atoms with E-state index in [0.29, 0.717) is 80.1 Å². The first-order chi connectivity index (χ1) is 27.7. The third kappa shape index (κ3) is 6.18. The predicted molar refractivity (Wildman–Crippen MR) is 210 cm³/mol. The molecule has 5 aliphatic carbocycles. The molecule has 3 N–H and O–H groups in total. The number of allylic oxidation sites excluding steroid dienone is 1. The second-order valence-electron chi connectivity index (χ2n) is 19.0. The van der Waals surface area contributed by atoms with Gasteiger partial charge in [0, 0.05) is 29.2 Å². The zero-order valence-corrected chi connectivity index (χ0v) is 33.8. The van der Waals surface area contributed by atoms with Crippen LogP contribution in [0.5, 0.6) is 5.75 Å². The Hall–Kier alpha value is -4.27. The third-order valence-electron chi connectivity index (χ3n) is 14.8. The number of nitrogens with one attached hydrogen (secondary N) is 2. The summed E-state index contributed by atoms with van der Waals surface area (Å²) < 4.78 is 50.0. The molecule has 3 aliphatic heterocycles. The molecule has 10 rings (SSSR count). The van der Waals surface area contributed by atoms with E-state index in [-0.39, 0.29) is 31.2 Å². The number of benzene rings is 1. The van der Waals surface area contributed by atoms with Crippen LogP contribution in [0.15, 0.2) is 30.4 Å². The lowest BCUT2D eigenvalue weighted by molar-refractivity contribution is -0.144. The molecule has 1 aromatic carbocycles. The first-order valence-corrected chi connectivity index (χ1v) is 22.9. The lowest BCUT2D eigenvalue weighted by Crippen LogP contribution is -2.60. The van der Waals surface area contributed by atoms with Crippen LogP contribution in [0.3, 0.4) is 0 Å². The topological polar surface area (TPSA) is 175 Å². The quantitative estimate of drug-likeness (QED) is 0.301. The van der Waals surface area contributed by atoms with Gasteiger partial charge in [0.2, 0.25) is 21.8 Å². The average molecular weight is 818 g/mol. The minimum atomic E-state index is -4.02. The smallest absolute Gasteiger partial charge is 0.408 e. The van der Waals surface area contributed by atoms with Gasteiger partial charge in [0.05, 0.1) is 22.5 Å². The Bertz CT molecular complexity index is 2270. The highest BCUT2D eigenvalue weighted by atomic mass is 32.2. The molecule has 0 bridgehead atoms. The number of aromatic nitrogens is 1. The summed E-state index contributed by atoms with van der Waals surface area (Å²) in [4.78, 5) is 65.3. The van der Waals surface area contributed by atoms with Gasteiger partial charge in [-0.1, -0.05) is 37.1 Å². The fourth-order valence-corrected chi connectivity index (χ4v) is 11.8. The highest BCUT2D eigenvalue weighted by Gasteiger charge is 2.65. The number of nitrogens with zero attached hydrogens (tertiary/aromatic N) is 3. The molecule has 6 fully saturated rings. The Morgan fingerprint density at radius 1 is 1.03 bits per heavy atom. The van der Waals surface area contributed by atoms with E-state index < -0.39 is 79.1 Å². The van der Waals surface area contributed by atoms with Gasteiger partial charge in [0.25, 0.3) is 5.91 Å². The van der Waals surface area contributed by atoms with Crippen LogP contribution in [-0.4, -0.2) is 92.2 Å². The number of pyridine rings is 1. The molecule has 2 aromatic rings. The molecule has 4 amide bonds. The lowest BCUT2D eigenvalue weighted by atomic mass is 9.86. The number of aryl methyl sites for hydroxylation is 1. The molecule has 5 atom stereocenters. The average Bonchev–Trinajstić information content (AvgIpc) is 3.95. The van der Waals surface area contributed by atoms with E-state index in [2.05, 4.69) is 10.0 Å². The van der Waals surface area contributed by atoms with Gasteiger partial charge in [-0.3, -0.25) is 24.0 Å². The summed E-state index contributed by atoms with van der Waals surface area (Å²) in [6.07, 6.45) is 12.8. The van der Waals surface area contributed by atoms with E-state index in [4.69, 9.17) is 9.72 Å². The minimum absolute atomic E-state index is 0.00427. The Labute approximate surface area is 337 Å². The molecule has 0 unspecified atom stereocenters. The van der Waals surface area contributed by atoms with Crippen LogP contribution < -0.4 is 14.8 Å². The van der Waals surface area contributed by atoms with Gasteiger partial charge in [-0.25, -0.2) is 22.6 Å². The van der Waals surface area contributed by atoms with Crippen molar-refractivity contribution in [2.75, 3.05) is 6.54 Å². The summed E-state index contributed by atoms with van der Waals surface area (Å²) in [6.45, 7) is 1.60. The van der Waals surface area contributed by atoms with Crippen molar-refractivity contribution in [3.05, 3.63) is 47.4 Å². The van der Waals surface area contributed by atoms with E-state index in [9.17, 15) is 27.9 Å². The molecule has 4 heterocycles. The minimum Gasteiger partial charge on any atom is -0.483 e. The van der Waals surface area contributed by atoms with Gasteiger partial charge in [-0.05, 0) is 109 Å². The number of fused-ring (bicyclic) bond motifs is 5. The van der Waals surface area contributed by atoms with Gasteiger partial charge in [0.15, 0.2) is 0 Å². The van der Waals surface area contributed by atoms with Gasteiger partial charge in [-0.2, -0.15) is 0 Å². The van der Waals surface area contributed by atoms with Crippen LogP contribution in [0, 0.1) is 17.7 Å². The maximum Gasteiger partial charge on any atom is 0.408 e. The second-order valence-corrected chi connectivity index (χ2v) is 21.2. The van der Waals surface area contributed by atoms with E-state index in [0.717, 1.165) is 44.1 Å². The van der Waals surface area contributed by atoms with Gasteiger partial charge >= 0.3 is 6.09 Å². The number of carbonyl (C=O) groups is 4. The number of rotatable bonds is 7. The molecule has 1 saturated heterocycles. The van der Waals surface area contributed by atoms with Gasteiger partial charge < -0.3 is 20.1 Å². The summed E-state index contributed by atoms with van der Waals surface area (Å²) in [5, 5.41) is 14.5. The molecule has 310 valence electrons. The normalized spacial score (nSPS) is 33.0. The number of para-hydroxylation sites is 1. The maximum atomic E-state index is 15.3. The van der Waals surface area contributed by atoms with Crippen LogP contribution in [-0.2, 0) is 30.8 Å². The van der Waals surface area contributed by atoms with E-state index in [1.807, 2.05) is 18.2 Å². The highest BCUT2D eigenvalue weighted by molar-refractivity contribution is 7.91. The van der Waals surface area contributed by atoms with Crippen molar-refractivity contribution < 1.29 is 41.8 Å². The molecular formula is C43H52FN5O8S. The van der Waals surface area contributed by atoms with Crippen molar-refractivity contribution in [2.45, 2.75) is 156 Å². The van der Waals surface area contributed by atoms with E-state index in [1.54, 1.807) is 13.0 Å². The summed E-state index contributed by atoms with van der Waals surface area (Å²) in [7, 11) is -4.02. The number of carbonyl (C=O) groups excluding carboxylic acids is 3. The fourth-order valence-electron chi connectivity index (χ4n) is 10.5. The standard InChI is InChI=1S/C43H52FN5O8S/c1-40(18-19-40)58(55,56)47-38(52)43-22-27(43)8-5-3-2-4-6-11-31(49(39(53)54)42(20-21-42)26-14-15-26)37(51)48-24-41(23-32(48)36(50)46-43)17-16-29-28-9-7-10-30(44)34(28)45-33(25-12-13-25)35(29)57-41/h5,7-10,25-27,31-32H,2-4,6,11-24H2,1H3,(H,46,50)(H,47,52)(H,53,54)/b8-5-/t27-,31+,32+,41-,43-/m1/s1. The Morgan fingerprint density at radius 2 is 1.81 bits per heavy atom. The summed E-state index contributed by atoms with van der Waals surface area (Å²) in [5.74, 6) is -1.85. The summed E-state index contributed by atoms with van der Waals surface area (Å²) in [5.41, 5.74) is -1.37. The number of carboxylic acid groups (broad SMARTS) is 1. The number of halogens is 1. The van der Waals surface area contributed by atoms with E-state index in [1.165, 1.54) is 15.9 Å². The van der Waals surface area contributed by atoms with Crippen molar-refractivity contribution in [2.24, 2.45) is 11.8 Å². The molecule has 8 aliphatic rings. The highest BCUT2D eigenvalue weighted by Crippen LogP contribution is 2.59. The molecule has 15 heteroatoms. The molecule has 1 spiro atoms. The molecular weight excluding hydrogens is 766 g/mol. The van der Waals surface area contributed by atoms with Crippen molar-refractivity contribution in [1.29, 1.82) is 0 Å². The zero-order chi connectivity index (χ0) is 40.4. The first-order valence-electron chi connectivity index (χ1n) is 21.4. The first kappa shape index (κ1) is 38.0. The van der Waals surface area contributed by atoms with Crippen LogP contribution in [0.1, 0.15) is 127 Å². The Morgan fingerprint density at radius 3 is 2.50 bits per heavy atom. The van der Waals surface area contributed by atoms with Gasteiger partial charge in [-0.15, -0.1) is 0 Å². The van der Waals surface area contributed by atoms with Gasteiger partial charge in [0.1, 0.15) is 40.3 Å². The van der Waals surface area contributed by atoms with Crippen molar-refractivity contribution in [3.63, 3.8) is 0 Å².